The molecule has 2 aromatic rings. The molecule has 0 aliphatic carbocycles. The molecule has 1 heterocycles. The van der Waals surface area contributed by atoms with Crippen LogP contribution < -0.4 is 9.47 Å². The lowest BCUT2D eigenvalue weighted by Gasteiger charge is -2.26. The smallest absolute Gasteiger partial charge is 0.119 e. The van der Waals surface area contributed by atoms with E-state index in [4.69, 9.17) is 9.47 Å². The molecule has 0 N–H and O–H groups in total. The van der Waals surface area contributed by atoms with Crippen molar-refractivity contribution in [1.82, 2.24) is 4.90 Å². The average Bonchev–Trinajstić information content (AvgIpc) is 3.26. The third kappa shape index (κ3) is 5.29. The van der Waals surface area contributed by atoms with Gasteiger partial charge < -0.3 is 9.47 Å². The third-order valence-electron chi connectivity index (χ3n) is 6.09. The minimum absolute atomic E-state index is 0.511. The van der Waals surface area contributed by atoms with Crippen LogP contribution in [0.5, 0.6) is 11.5 Å². The normalized spacial score (nSPS) is 16.7. The van der Waals surface area contributed by atoms with Crippen LogP contribution in [0.1, 0.15) is 62.5 Å². The lowest BCUT2D eigenvalue weighted by Crippen LogP contribution is -2.25. The van der Waals surface area contributed by atoms with Gasteiger partial charge in [0.25, 0.3) is 0 Å². The van der Waals surface area contributed by atoms with Gasteiger partial charge in [0.15, 0.2) is 0 Å². The molecule has 0 unspecified atom stereocenters. The lowest BCUT2D eigenvalue weighted by atomic mass is 9.78. The Labute approximate surface area is 170 Å². The molecule has 2 aromatic carbocycles. The lowest BCUT2D eigenvalue weighted by molar-refractivity contribution is 0.237. The summed E-state index contributed by atoms with van der Waals surface area (Å²) in [5.41, 5.74) is 2.79. The van der Waals surface area contributed by atoms with E-state index in [1.54, 1.807) is 7.11 Å². The van der Waals surface area contributed by atoms with Crippen molar-refractivity contribution < 1.29 is 9.47 Å². The van der Waals surface area contributed by atoms with Crippen molar-refractivity contribution in [1.29, 1.82) is 0 Å². The van der Waals surface area contributed by atoms with Gasteiger partial charge in [0, 0.05) is 6.54 Å². The van der Waals surface area contributed by atoms with Gasteiger partial charge in [0.1, 0.15) is 18.1 Å². The quantitative estimate of drug-likeness (QED) is 0.515. The monoisotopic (exact) mass is 381 g/mol. The van der Waals surface area contributed by atoms with Crippen LogP contribution in [0.25, 0.3) is 0 Å². The summed E-state index contributed by atoms with van der Waals surface area (Å²) >= 11 is 0. The molecule has 0 bridgehead atoms. The molecule has 0 radical (unpaired) electrons. The first kappa shape index (κ1) is 20.7. The summed E-state index contributed by atoms with van der Waals surface area (Å²) in [6, 6.07) is 17.4. The van der Waals surface area contributed by atoms with Crippen molar-refractivity contribution in [3.8, 4) is 11.5 Å². The van der Waals surface area contributed by atoms with E-state index in [1.807, 2.05) is 0 Å². The first-order valence-electron chi connectivity index (χ1n) is 10.8. The van der Waals surface area contributed by atoms with E-state index in [0.29, 0.717) is 11.8 Å². The molecule has 0 aromatic heterocycles. The molecule has 3 heteroatoms. The van der Waals surface area contributed by atoms with Crippen molar-refractivity contribution >= 4 is 0 Å². The van der Waals surface area contributed by atoms with E-state index in [-0.39, 0.29) is 0 Å². The van der Waals surface area contributed by atoms with Gasteiger partial charge in [0.2, 0.25) is 0 Å². The minimum atomic E-state index is 0.511. The zero-order chi connectivity index (χ0) is 19.8. The predicted molar refractivity (Wildman–Crippen MR) is 117 cm³/mol. The highest BCUT2D eigenvalue weighted by Crippen LogP contribution is 2.38. The first-order valence-corrected chi connectivity index (χ1v) is 10.8. The Bertz CT molecular complexity index is 689. The molecule has 2 atom stereocenters. The van der Waals surface area contributed by atoms with Gasteiger partial charge in [-0.3, -0.25) is 4.90 Å². The van der Waals surface area contributed by atoms with Gasteiger partial charge in [-0.05, 0) is 86.0 Å². The van der Waals surface area contributed by atoms with Crippen LogP contribution in [0.15, 0.2) is 48.5 Å². The second kappa shape index (κ2) is 10.5. The molecule has 1 fully saturated rings. The second-order valence-electron chi connectivity index (χ2n) is 7.77. The number of likely N-dealkylation sites (tertiary alicyclic amines) is 1. The van der Waals surface area contributed by atoms with Crippen LogP contribution in [-0.2, 0) is 0 Å². The van der Waals surface area contributed by atoms with Gasteiger partial charge in [-0.15, -0.1) is 0 Å². The molecule has 1 aliphatic rings. The van der Waals surface area contributed by atoms with Gasteiger partial charge in [-0.1, -0.05) is 38.1 Å². The molecule has 1 saturated heterocycles. The van der Waals surface area contributed by atoms with Crippen LogP contribution in [0.2, 0.25) is 0 Å². The molecular formula is C25H35NO2. The SMILES string of the molecule is CC[C@H](c1ccc(OC)cc1)[C@H](CC)c1ccc(OCCN2CCCC2)cc1. The number of hydrogen-bond acceptors (Lipinski definition) is 3. The molecular weight excluding hydrogens is 346 g/mol. The summed E-state index contributed by atoms with van der Waals surface area (Å²) in [4.78, 5) is 2.49. The average molecular weight is 382 g/mol. The summed E-state index contributed by atoms with van der Waals surface area (Å²) in [6.07, 6.45) is 4.92. The number of methoxy groups -OCH3 is 1. The van der Waals surface area contributed by atoms with Gasteiger partial charge in [0.05, 0.1) is 7.11 Å². The number of nitrogens with zero attached hydrogens (tertiary/aromatic N) is 1. The number of ether oxygens (including phenoxy) is 2. The Morgan fingerprint density at radius 1 is 0.786 bits per heavy atom. The Hall–Kier alpha value is -2.00. The Morgan fingerprint density at radius 2 is 1.29 bits per heavy atom. The maximum Gasteiger partial charge on any atom is 0.119 e. The maximum absolute atomic E-state index is 5.98. The number of benzene rings is 2. The van der Waals surface area contributed by atoms with E-state index < -0.39 is 0 Å². The molecule has 0 amide bonds. The number of rotatable bonds is 10. The Morgan fingerprint density at radius 3 is 1.75 bits per heavy atom. The van der Waals surface area contributed by atoms with E-state index in [2.05, 4.69) is 67.3 Å². The van der Waals surface area contributed by atoms with E-state index in [1.165, 1.54) is 37.1 Å². The Balaban J connectivity index is 1.63. The highest BCUT2D eigenvalue weighted by molar-refractivity contribution is 5.35. The Kier molecular flexibility index (Phi) is 7.79. The van der Waals surface area contributed by atoms with Gasteiger partial charge in [-0.25, -0.2) is 0 Å². The van der Waals surface area contributed by atoms with Crippen LogP contribution in [0.4, 0.5) is 0 Å². The van der Waals surface area contributed by atoms with E-state index >= 15 is 0 Å². The van der Waals surface area contributed by atoms with Crippen molar-refractivity contribution in [3.63, 3.8) is 0 Å². The number of hydrogen-bond donors (Lipinski definition) is 0. The van der Waals surface area contributed by atoms with Crippen LogP contribution >= 0.6 is 0 Å². The summed E-state index contributed by atoms with van der Waals surface area (Å²) in [5.74, 6) is 2.92. The molecule has 1 aliphatic heterocycles. The first-order chi connectivity index (χ1) is 13.7. The molecule has 3 rings (SSSR count). The van der Waals surface area contributed by atoms with Crippen LogP contribution in [0.3, 0.4) is 0 Å². The second-order valence-corrected chi connectivity index (χ2v) is 7.77. The maximum atomic E-state index is 5.98. The van der Waals surface area contributed by atoms with Crippen molar-refractivity contribution in [2.45, 2.75) is 51.4 Å². The minimum Gasteiger partial charge on any atom is -0.497 e. The molecule has 0 spiro atoms. The van der Waals surface area contributed by atoms with Crippen LogP contribution in [-0.4, -0.2) is 38.3 Å². The van der Waals surface area contributed by atoms with E-state index in [9.17, 15) is 0 Å². The molecule has 0 saturated carbocycles. The van der Waals surface area contributed by atoms with Crippen molar-refractivity contribution in [2.24, 2.45) is 0 Å². The summed E-state index contributed by atoms with van der Waals surface area (Å²) in [7, 11) is 1.72. The van der Waals surface area contributed by atoms with Gasteiger partial charge in [-0.2, -0.15) is 0 Å². The fourth-order valence-electron chi connectivity index (χ4n) is 4.47. The summed E-state index contributed by atoms with van der Waals surface area (Å²) < 4.78 is 11.3. The molecule has 3 nitrogen and oxygen atoms in total. The van der Waals surface area contributed by atoms with E-state index in [0.717, 1.165) is 37.5 Å². The topological polar surface area (TPSA) is 21.7 Å². The largest absolute Gasteiger partial charge is 0.497 e. The highest BCUT2D eigenvalue weighted by Gasteiger charge is 2.22. The van der Waals surface area contributed by atoms with Crippen molar-refractivity contribution in [3.05, 3.63) is 59.7 Å². The summed E-state index contributed by atoms with van der Waals surface area (Å²) in [6.45, 7) is 8.84. The molecule has 28 heavy (non-hydrogen) atoms. The fraction of sp³-hybridized carbons (Fsp3) is 0.520. The highest BCUT2D eigenvalue weighted by atomic mass is 16.5. The molecule has 152 valence electrons. The van der Waals surface area contributed by atoms with Gasteiger partial charge >= 0.3 is 0 Å². The fourth-order valence-corrected chi connectivity index (χ4v) is 4.47. The summed E-state index contributed by atoms with van der Waals surface area (Å²) in [5, 5.41) is 0. The zero-order valence-electron chi connectivity index (χ0n) is 17.7. The zero-order valence-corrected chi connectivity index (χ0v) is 17.7. The third-order valence-corrected chi connectivity index (χ3v) is 6.09. The van der Waals surface area contributed by atoms with Crippen molar-refractivity contribution in [2.75, 3.05) is 33.4 Å². The predicted octanol–water partition coefficient (Wildman–Crippen LogP) is 5.86. The standard InChI is InChI=1S/C25H35NO2/c1-4-24(20-8-12-22(27-3)13-9-20)25(5-2)21-10-14-23(15-11-21)28-19-18-26-16-6-7-17-26/h8-15,24-25H,4-7,16-19H2,1-3H3/t24-,25-/m1/s1. The van der Waals surface area contributed by atoms with Crippen LogP contribution in [0, 0.1) is 0 Å².